The summed E-state index contributed by atoms with van der Waals surface area (Å²) in [6, 6.07) is 9.70. The lowest BCUT2D eigenvalue weighted by Crippen LogP contribution is -2.25. The van der Waals surface area contributed by atoms with Crippen molar-refractivity contribution in [1.82, 2.24) is 5.32 Å². The molecule has 0 aliphatic carbocycles. The van der Waals surface area contributed by atoms with E-state index in [0.717, 1.165) is 5.25 Å². The summed E-state index contributed by atoms with van der Waals surface area (Å²) in [6.45, 7) is 6.80. The van der Waals surface area contributed by atoms with E-state index in [4.69, 9.17) is 0 Å². The third kappa shape index (κ3) is 3.10. The molecule has 0 saturated carbocycles. The molecule has 2 unspecified atom stereocenters. The largest absolute Gasteiger partial charge is 0.312 e. The van der Waals surface area contributed by atoms with Crippen molar-refractivity contribution >= 4 is 11.8 Å². The molecule has 2 atom stereocenters. The van der Waals surface area contributed by atoms with Crippen LogP contribution in [-0.4, -0.2) is 18.1 Å². The molecule has 18 heavy (non-hydrogen) atoms. The fraction of sp³-hybridized carbons (Fsp3) is 0.625. The molecule has 1 aliphatic heterocycles. The number of rotatable bonds is 3. The van der Waals surface area contributed by atoms with Gasteiger partial charge in [-0.25, -0.2) is 0 Å². The summed E-state index contributed by atoms with van der Waals surface area (Å²) in [6.07, 6.45) is 2.71. The zero-order valence-electron chi connectivity index (χ0n) is 12.0. The van der Waals surface area contributed by atoms with Crippen LogP contribution in [0.15, 0.2) is 24.3 Å². The van der Waals surface area contributed by atoms with E-state index >= 15 is 0 Å². The Morgan fingerprint density at radius 3 is 2.33 bits per heavy atom. The van der Waals surface area contributed by atoms with E-state index in [-0.39, 0.29) is 5.41 Å². The van der Waals surface area contributed by atoms with Gasteiger partial charge >= 0.3 is 0 Å². The predicted molar refractivity (Wildman–Crippen MR) is 82.4 cm³/mol. The van der Waals surface area contributed by atoms with Gasteiger partial charge in [-0.3, -0.25) is 0 Å². The maximum absolute atomic E-state index is 3.50. The summed E-state index contributed by atoms with van der Waals surface area (Å²) in [4.78, 5) is 0. The Kier molecular flexibility index (Phi) is 4.39. The van der Waals surface area contributed by atoms with Gasteiger partial charge in [-0.05, 0) is 42.2 Å². The van der Waals surface area contributed by atoms with E-state index < -0.39 is 0 Å². The molecule has 0 aromatic heterocycles. The van der Waals surface area contributed by atoms with Crippen molar-refractivity contribution in [3.05, 3.63) is 35.4 Å². The van der Waals surface area contributed by atoms with Gasteiger partial charge in [0.1, 0.15) is 0 Å². The Morgan fingerprint density at radius 1 is 1.22 bits per heavy atom. The average molecular weight is 263 g/mol. The minimum absolute atomic E-state index is 0.246. The molecule has 1 heterocycles. The number of thioether (sulfide) groups is 1. The average Bonchev–Trinajstić information content (AvgIpc) is 2.83. The van der Waals surface area contributed by atoms with E-state index in [2.05, 4.69) is 69.2 Å². The number of hydrogen-bond donors (Lipinski definition) is 1. The van der Waals surface area contributed by atoms with Crippen LogP contribution in [0.3, 0.4) is 0 Å². The van der Waals surface area contributed by atoms with Crippen LogP contribution < -0.4 is 5.32 Å². The van der Waals surface area contributed by atoms with Crippen LogP contribution in [0.5, 0.6) is 0 Å². The van der Waals surface area contributed by atoms with Crippen molar-refractivity contribution in [2.24, 2.45) is 0 Å². The highest BCUT2D eigenvalue weighted by Gasteiger charge is 2.25. The van der Waals surface area contributed by atoms with Gasteiger partial charge in [0.15, 0.2) is 0 Å². The van der Waals surface area contributed by atoms with Crippen molar-refractivity contribution in [2.45, 2.75) is 50.3 Å². The molecule has 0 radical (unpaired) electrons. The summed E-state index contributed by atoms with van der Waals surface area (Å²) < 4.78 is 0. The van der Waals surface area contributed by atoms with E-state index in [1.165, 1.54) is 29.7 Å². The molecule has 2 heteroatoms. The number of benzene rings is 1. The Bertz CT molecular complexity index is 371. The van der Waals surface area contributed by atoms with E-state index in [9.17, 15) is 0 Å². The summed E-state index contributed by atoms with van der Waals surface area (Å²) >= 11 is 2.12. The summed E-state index contributed by atoms with van der Waals surface area (Å²) in [5.74, 6) is 1.32. The van der Waals surface area contributed by atoms with Gasteiger partial charge in [0.2, 0.25) is 0 Å². The van der Waals surface area contributed by atoms with Crippen LogP contribution in [0.25, 0.3) is 0 Å². The molecule has 0 bridgehead atoms. The minimum Gasteiger partial charge on any atom is -0.312 e. The fourth-order valence-electron chi connectivity index (χ4n) is 2.62. The van der Waals surface area contributed by atoms with Crippen LogP contribution in [0, 0.1) is 0 Å². The van der Waals surface area contributed by atoms with Crippen LogP contribution in [0.1, 0.15) is 50.8 Å². The second-order valence-corrected chi connectivity index (χ2v) is 7.54. The summed E-state index contributed by atoms with van der Waals surface area (Å²) in [7, 11) is 2.08. The maximum Gasteiger partial charge on any atom is 0.0438 e. The standard InChI is InChI=1S/C16H25NS/c1-16(2,3)13-9-7-12(8-10-13)15(17-4)14-6-5-11-18-14/h7-10,14-15,17H,5-6,11H2,1-4H3. The molecule has 2 rings (SSSR count). The first-order chi connectivity index (χ1) is 8.52. The zero-order valence-corrected chi connectivity index (χ0v) is 12.8. The van der Waals surface area contributed by atoms with E-state index in [1.807, 2.05) is 0 Å². The van der Waals surface area contributed by atoms with Gasteiger partial charge < -0.3 is 5.32 Å². The Hall–Kier alpha value is -0.470. The second-order valence-electron chi connectivity index (χ2n) is 6.19. The lowest BCUT2D eigenvalue weighted by Gasteiger charge is -2.24. The van der Waals surface area contributed by atoms with Crippen molar-refractivity contribution in [3.63, 3.8) is 0 Å². The lowest BCUT2D eigenvalue weighted by atomic mass is 9.86. The summed E-state index contributed by atoms with van der Waals surface area (Å²) in [5.41, 5.74) is 3.10. The second kappa shape index (κ2) is 5.66. The van der Waals surface area contributed by atoms with Crippen LogP contribution >= 0.6 is 11.8 Å². The van der Waals surface area contributed by atoms with E-state index in [1.54, 1.807) is 0 Å². The van der Waals surface area contributed by atoms with Crippen molar-refractivity contribution in [1.29, 1.82) is 0 Å². The van der Waals surface area contributed by atoms with Gasteiger partial charge in [-0.2, -0.15) is 11.8 Å². The Morgan fingerprint density at radius 2 is 1.89 bits per heavy atom. The highest BCUT2D eigenvalue weighted by Crippen LogP contribution is 2.36. The molecule has 0 amide bonds. The van der Waals surface area contributed by atoms with Crippen molar-refractivity contribution in [2.75, 3.05) is 12.8 Å². The monoisotopic (exact) mass is 263 g/mol. The minimum atomic E-state index is 0.246. The smallest absolute Gasteiger partial charge is 0.0438 e. The fourth-order valence-corrected chi connectivity index (χ4v) is 4.08. The van der Waals surface area contributed by atoms with E-state index in [0.29, 0.717) is 6.04 Å². The first-order valence-electron chi connectivity index (χ1n) is 6.91. The molecule has 100 valence electrons. The van der Waals surface area contributed by atoms with Crippen LogP contribution in [-0.2, 0) is 5.41 Å². The molecule has 1 fully saturated rings. The molecular formula is C16H25NS. The number of nitrogens with one attached hydrogen (secondary N) is 1. The highest BCUT2D eigenvalue weighted by molar-refractivity contribution is 8.00. The van der Waals surface area contributed by atoms with Gasteiger partial charge in [-0.15, -0.1) is 0 Å². The molecule has 1 saturated heterocycles. The van der Waals surface area contributed by atoms with Crippen molar-refractivity contribution < 1.29 is 0 Å². The first-order valence-corrected chi connectivity index (χ1v) is 7.96. The molecular weight excluding hydrogens is 238 g/mol. The molecule has 1 N–H and O–H groups in total. The zero-order chi connectivity index (χ0) is 13.2. The quantitative estimate of drug-likeness (QED) is 0.879. The van der Waals surface area contributed by atoms with Gasteiger partial charge in [-0.1, -0.05) is 45.0 Å². The van der Waals surface area contributed by atoms with Crippen molar-refractivity contribution in [3.8, 4) is 0 Å². The highest BCUT2D eigenvalue weighted by atomic mass is 32.2. The third-order valence-electron chi connectivity index (χ3n) is 3.78. The summed E-state index contributed by atoms with van der Waals surface area (Å²) in [5, 5.41) is 4.24. The molecule has 1 nitrogen and oxygen atoms in total. The Balaban J connectivity index is 2.16. The normalized spacial score (nSPS) is 22.1. The van der Waals surface area contributed by atoms with Crippen LogP contribution in [0.4, 0.5) is 0 Å². The third-order valence-corrected chi connectivity index (χ3v) is 5.24. The van der Waals surface area contributed by atoms with Gasteiger partial charge in [0.05, 0.1) is 0 Å². The van der Waals surface area contributed by atoms with Crippen LogP contribution in [0.2, 0.25) is 0 Å². The topological polar surface area (TPSA) is 12.0 Å². The SMILES string of the molecule is CNC(c1ccc(C(C)(C)C)cc1)C1CCCS1. The van der Waals surface area contributed by atoms with Gasteiger partial charge in [0.25, 0.3) is 0 Å². The first kappa shape index (κ1) is 14.0. The maximum atomic E-state index is 3.50. The molecule has 1 aromatic rings. The molecule has 1 aliphatic rings. The number of hydrogen-bond acceptors (Lipinski definition) is 2. The predicted octanol–water partition coefficient (Wildman–Crippen LogP) is 4.14. The lowest BCUT2D eigenvalue weighted by molar-refractivity contribution is 0.549. The molecule has 0 spiro atoms. The Labute approximate surface area is 116 Å². The van der Waals surface area contributed by atoms with Gasteiger partial charge in [0, 0.05) is 11.3 Å². The molecule has 1 aromatic carbocycles.